The molecule has 0 radical (unpaired) electrons. The Bertz CT molecular complexity index is 2510. The minimum absolute atomic E-state index is 0.0321. The molecular formula is C48H30F12. The van der Waals surface area contributed by atoms with E-state index in [-0.39, 0.29) is 56.6 Å². The lowest BCUT2D eigenvalue weighted by Crippen LogP contribution is -2.15. The minimum Gasteiger partial charge on any atom is -0.166 e. The van der Waals surface area contributed by atoms with E-state index < -0.39 is 69.2 Å². The molecule has 12 heteroatoms. The number of rotatable bonds is 6. The highest BCUT2D eigenvalue weighted by atomic mass is 19.4. The highest BCUT2D eigenvalue weighted by Crippen LogP contribution is 2.53. The second-order valence-corrected chi connectivity index (χ2v) is 14.2. The van der Waals surface area contributed by atoms with E-state index in [4.69, 9.17) is 0 Å². The zero-order valence-electron chi connectivity index (χ0n) is 31.4. The van der Waals surface area contributed by atoms with E-state index >= 15 is 26.3 Å². The predicted molar refractivity (Wildman–Crippen MR) is 209 cm³/mol. The average Bonchev–Trinajstić information content (AvgIpc) is 3.19. The van der Waals surface area contributed by atoms with Gasteiger partial charge in [-0.2, -0.15) is 52.7 Å². The quantitative estimate of drug-likeness (QED) is 0.146. The summed E-state index contributed by atoms with van der Waals surface area (Å²) in [5.41, 5.74) is -8.64. The Kier molecular flexibility index (Phi) is 10.7. The highest BCUT2D eigenvalue weighted by molar-refractivity contribution is 5.99. The fraction of sp³-hybridized carbons (Fsp3) is 0.125. The first-order valence-electron chi connectivity index (χ1n) is 18.2. The minimum atomic E-state index is -5.38. The molecule has 7 aromatic carbocycles. The summed E-state index contributed by atoms with van der Waals surface area (Å²) in [4.78, 5) is 0. The van der Waals surface area contributed by atoms with Crippen LogP contribution in [0.5, 0.6) is 0 Å². The molecule has 7 rings (SSSR count). The molecule has 0 amide bonds. The van der Waals surface area contributed by atoms with E-state index in [1.54, 1.807) is 38.1 Å². The first-order chi connectivity index (χ1) is 28.1. The SMILES string of the molecule is Cc1ccccc1-c1cc(-c2cc(-c3ccccc3)c(C(F)(F)F)cc2C(F)(F)F)c(-c2ccccc2C)cc1-c1cc(-c2ccccc2)c(C(F)(F)F)cc1C(F)(F)F. The molecule has 0 aliphatic rings. The lowest BCUT2D eigenvalue weighted by molar-refractivity contribution is -0.144. The van der Waals surface area contributed by atoms with Gasteiger partial charge in [0.2, 0.25) is 0 Å². The fourth-order valence-corrected chi connectivity index (χ4v) is 7.54. The number of alkyl halides is 12. The number of hydrogen-bond donors (Lipinski definition) is 0. The zero-order chi connectivity index (χ0) is 43.4. The van der Waals surface area contributed by atoms with Gasteiger partial charge in [0.15, 0.2) is 0 Å². The summed E-state index contributed by atoms with van der Waals surface area (Å²) in [7, 11) is 0. The molecule has 0 nitrogen and oxygen atoms in total. The van der Waals surface area contributed by atoms with Crippen molar-refractivity contribution < 1.29 is 52.7 Å². The van der Waals surface area contributed by atoms with Crippen molar-refractivity contribution in [2.75, 3.05) is 0 Å². The molecule has 0 spiro atoms. The molecule has 0 N–H and O–H groups in total. The lowest BCUT2D eigenvalue weighted by atomic mass is 9.80. The number of aryl methyl sites for hydroxylation is 2. The first-order valence-corrected chi connectivity index (χ1v) is 18.2. The molecule has 0 aliphatic carbocycles. The van der Waals surface area contributed by atoms with Gasteiger partial charge in [-0.25, -0.2) is 0 Å². The lowest BCUT2D eigenvalue weighted by Gasteiger charge is -2.26. The molecule has 0 heterocycles. The topological polar surface area (TPSA) is 0 Å². The maximum Gasteiger partial charge on any atom is 0.417 e. The van der Waals surface area contributed by atoms with Crippen LogP contribution in [0.4, 0.5) is 52.7 Å². The molecule has 0 bridgehead atoms. The third kappa shape index (κ3) is 8.15. The fourth-order valence-electron chi connectivity index (χ4n) is 7.54. The van der Waals surface area contributed by atoms with Crippen LogP contribution in [-0.4, -0.2) is 0 Å². The summed E-state index contributed by atoms with van der Waals surface area (Å²) in [5, 5.41) is 0. The summed E-state index contributed by atoms with van der Waals surface area (Å²) in [6.45, 7) is 3.18. The molecule has 0 fully saturated rings. The number of halogens is 12. The van der Waals surface area contributed by atoms with Gasteiger partial charge in [0.25, 0.3) is 0 Å². The zero-order valence-corrected chi connectivity index (χ0v) is 31.4. The molecule has 0 saturated carbocycles. The van der Waals surface area contributed by atoms with Crippen LogP contribution < -0.4 is 0 Å². The monoisotopic (exact) mass is 834 g/mol. The van der Waals surface area contributed by atoms with Crippen molar-refractivity contribution in [3.8, 4) is 66.8 Å². The second kappa shape index (κ2) is 15.4. The van der Waals surface area contributed by atoms with E-state index in [1.807, 2.05) is 0 Å². The van der Waals surface area contributed by atoms with Gasteiger partial charge >= 0.3 is 24.7 Å². The van der Waals surface area contributed by atoms with Gasteiger partial charge in [0.05, 0.1) is 22.3 Å². The third-order valence-electron chi connectivity index (χ3n) is 10.3. The van der Waals surface area contributed by atoms with Crippen molar-refractivity contribution in [1.29, 1.82) is 0 Å². The van der Waals surface area contributed by atoms with Gasteiger partial charge in [0, 0.05) is 0 Å². The maximum absolute atomic E-state index is 15.2. The van der Waals surface area contributed by atoms with Gasteiger partial charge in [-0.3, -0.25) is 0 Å². The van der Waals surface area contributed by atoms with Crippen LogP contribution in [0, 0.1) is 13.8 Å². The molecule has 7 aromatic rings. The maximum atomic E-state index is 15.2. The van der Waals surface area contributed by atoms with Crippen LogP contribution in [0.3, 0.4) is 0 Å². The Balaban J connectivity index is 1.72. The molecular weight excluding hydrogens is 805 g/mol. The largest absolute Gasteiger partial charge is 0.417 e. The average molecular weight is 835 g/mol. The molecule has 0 saturated heterocycles. The van der Waals surface area contributed by atoms with Gasteiger partial charge in [-0.05, 0) is 128 Å². The van der Waals surface area contributed by atoms with Crippen LogP contribution in [-0.2, 0) is 24.7 Å². The summed E-state index contributed by atoms with van der Waals surface area (Å²) >= 11 is 0. The van der Waals surface area contributed by atoms with Crippen molar-refractivity contribution in [3.63, 3.8) is 0 Å². The van der Waals surface area contributed by atoms with Crippen LogP contribution >= 0.6 is 0 Å². The van der Waals surface area contributed by atoms with Crippen LogP contribution in [0.15, 0.2) is 146 Å². The van der Waals surface area contributed by atoms with Gasteiger partial charge < -0.3 is 0 Å². The van der Waals surface area contributed by atoms with E-state index in [9.17, 15) is 26.3 Å². The Morgan fingerprint density at radius 2 is 0.500 bits per heavy atom. The normalized spacial score (nSPS) is 12.5. The van der Waals surface area contributed by atoms with E-state index in [1.165, 1.54) is 97.1 Å². The Hall–Kier alpha value is -6.30. The van der Waals surface area contributed by atoms with E-state index in [0.29, 0.717) is 11.1 Å². The van der Waals surface area contributed by atoms with Crippen LogP contribution in [0.1, 0.15) is 33.4 Å². The summed E-state index contributed by atoms with van der Waals surface area (Å²) in [6.07, 6.45) is -21.2. The predicted octanol–water partition coefficient (Wildman–Crippen LogP) is 16.4. The number of benzene rings is 7. The smallest absolute Gasteiger partial charge is 0.166 e. The third-order valence-corrected chi connectivity index (χ3v) is 10.3. The summed E-state index contributed by atoms with van der Waals surface area (Å²) in [5.74, 6) is 0. The van der Waals surface area contributed by atoms with E-state index in [2.05, 4.69) is 0 Å². The number of hydrogen-bond acceptors (Lipinski definition) is 0. The van der Waals surface area contributed by atoms with Crippen molar-refractivity contribution in [1.82, 2.24) is 0 Å². The standard InChI is InChI=1S/C48H30F12/c1-27-13-9-11-19-31(27)35-23-38(40-22-34(30-17-7-4-8-18-30)42(46(52,53)54)26-44(40)48(58,59)60)36(32-20-12-10-14-28(32)2)24-37(35)39-21-33(29-15-5-3-6-16-29)41(45(49,50)51)25-43(39)47(55,56)57/h3-26H,1-2H3. The highest BCUT2D eigenvalue weighted by Gasteiger charge is 2.43. The van der Waals surface area contributed by atoms with Crippen molar-refractivity contribution in [3.05, 3.63) is 179 Å². The van der Waals surface area contributed by atoms with Crippen LogP contribution in [0.25, 0.3) is 66.8 Å². The molecule has 0 atom stereocenters. The summed E-state index contributed by atoms with van der Waals surface area (Å²) < 4.78 is 179. The molecule has 60 heavy (non-hydrogen) atoms. The molecule has 306 valence electrons. The summed E-state index contributed by atoms with van der Waals surface area (Å²) in [6, 6.07) is 30.4. The Morgan fingerprint density at radius 3 is 0.800 bits per heavy atom. The van der Waals surface area contributed by atoms with Crippen molar-refractivity contribution >= 4 is 0 Å². The molecule has 0 unspecified atom stereocenters. The first kappa shape index (κ1) is 41.8. The van der Waals surface area contributed by atoms with Gasteiger partial charge in [-0.15, -0.1) is 0 Å². The Morgan fingerprint density at radius 1 is 0.250 bits per heavy atom. The van der Waals surface area contributed by atoms with Gasteiger partial charge in [-0.1, -0.05) is 109 Å². The molecule has 0 aromatic heterocycles. The van der Waals surface area contributed by atoms with Crippen LogP contribution in [0.2, 0.25) is 0 Å². The van der Waals surface area contributed by atoms with Crippen molar-refractivity contribution in [2.24, 2.45) is 0 Å². The van der Waals surface area contributed by atoms with Crippen molar-refractivity contribution in [2.45, 2.75) is 38.6 Å². The van der Waals surface area contributed by atoms with Gasteiger partial charge in [0.1, 0.15) is 0 Å². The molecule has 0 aliphatic heterocycles. The Labute approximate surface area is 336 Å². The second-order valence-electron chi connectivity index (χ2n) is 14.2. The van der Waals surface area contributed by atoms with E-state index in [0.717, 1.165) is 12.1 Å².